The minimum Gasteiger partial charge on any atom is -0.497 e. The Balaban J connectivity index is 2.14. The van der Waals surface area contributed by atoms with Crippen molar-refractivity contribution in [2.75, 3.05) is 12.4 Å². The quantitative estimate of drug-likeness (QED) is 0.671. The Morgan fingerprint density at radius 3 is 2.81 bits per heavy atom. The molecule has 0 spiro atoms. The van der Waals surface area contributed by atoms with Gasteiger partial charge in [-0.3, -0.25) is 9.59 Å². The van der Waals surface area contributed by atoms with Crippen LogP contribution in [0.1, 0.15) is 10.4 Å². The van der Waals surface area contributed by atoms with Gasteiger partial charge in [0, 0.05) is 11.8 Å². The second-order valence-electron chi connectivity index (χ2n) is 4.16. The number of carbonyl (C=O) groups is 2. The number of ether oxygens (including phenoxy) is 1. The first-order valence-corrected chi connectivity index (χ1v) is 6.06. The number of ketones is 1. The summed E-state index contributed by atoms with van der Waals surface area (Å²) in [5.41, 5.74) is 0.627. The van der Waals surface area contributed by atoms with Gasteiger partial charge in [0.05, 0.1) is 25.0 Å². The zero-order valence-electron chi connectivity index (χ0n) is 11.2. The van der Waals surface area contributed by atoms with Crippen LogP contribution in [0.3, 0.4) is 0 Å². The maximum atomic E-state index is 12.1. The number of nitrogens with zero attached hydrogens (tertiary/aromatic N) is 1. The SMILES string of the molecule is COc1cccc(NC(=O)C(C#N)C(=O)c2ccoc2)c1. The lowest BCUT2D eigenvalue weighted by molar-refractivity contribution is -0.117. The Morgan fingerprint density at radius 2 is 2.19 bits per heavy atom. The number of benzene rings is 1. The summed E-state index contributed by atoms with van der Waals surface area (Å²) >= 11 is 0. The van der Waals surface area contributed by atoms with Gasteiger partial charge in [-0.2, -0.15) is 5.26 Å². The molecule has 0 radical (unpaired) electrons. The molecule has 1 aromatic carbocycles. The standard InChI is InChI=1S/C15H12N2O4/c1-20-12-4-2-3-11(7-12)17-15(19)13(8-16)14(18)10-5-6-21-9-10/h2-7,9,13H,1H3,(H,17,19). The van der Waals surface area contributed by atoms with Crippen molar-refractivity contribution in [1.29, 1.82) is 5.26 Å². The zero-order chi connectivity index (χ0) is 15.2. The number of methoxy groups -OCH3 is 1. The Morgan fingerprint density at radius 1 is 1.38 bits per heavy atom. The summed E-state index contributed by atoms with van der Waals surface area (Å²) in [6, 6.07) is 9.75. The van der Waals surface area contributed by atoms with Gasteiger partial charge >= 0.3 is 0 Å². The molecule has 1 amide bonds. The first-order valence-electron chi connectivity index (χ1n) is 6.06. The average Bonchev–Trinajstić information content (AvgIpc) is 3.02. The predicted octanol–water partition coefficient (Wildman–Crippen LogP) is 2.25. The van der Waals surface area contributed by atoms with E-state index in [1.54, 1.807) is 30.3 Å². The molecule has 1 aromatic heterocycles. The van der Waals surface area contributed by atoms with Gasteiger partial charge in [0.1, 0.15) is 12.0 Å². The molecule has 0 bridgehead atoms. The minimum absolute atomic E-state index is 0.183. The van der Waals surface area contributed by atoms with E-state index in [2.05, 4.69) is 5.32 Å². The monoisotopic (exact) mass is 284 g/mol. The van der Waals surface area contributed by atoms with Crippen LogP contribution >= 0.6 is 0 Å². The van der Waals surface area contributed by atoms with Crippen molar-refractivity contribution in [3.63, 3.8) is 0 Å². The summed E-state index contributed by atoms with van der Waals surface area (Å²) in [6.45, 7) is 0. The van der Waals surface area contributed by atoms with Crippen LogP contribution in [0, 0.1) is 17.2 Å². The highest BCUT2D eigenvalue weighted by molar-refractivity contribution is 6.15. The maximum Gasteiger partial charge on any atom is 0.249 e. The van der Waals surface area contributed by atoms with Crippen LogP contribution in [0.25, 0.3) is 0 Å². The Kier molecular flexibility index (Phi) is 4.36. The second-order valence-corrected chi connectivity index (χ2v) is 4.16. The molecule has 0 aliphatic heterocycles. The molecule has 1 atom stereocenters. The first kappa shape index (κ1) is 14.3. The number of carbonyl (C=O) groups excluding carboxylic acids is 2. The van der Waals surface area contributed by atoms with Crippen molar-refractivity contribution in [2.45, 2.75) is 0 Å². The number of furan rings is 1. The third kappa shape index (κ3) is 3.28. The van der Waals surface area contributed by atoms with E-state index in [1.807, 2.05) is 0 Å². The molecule has 1 N–H and O–H groups in total. The van der Waals surface area contributed by atoms with E-state index in [1.165, 1.54) is 25.7 Å². The number of hydrogen-bond acceptors (Lipinski definition) is 5. The van der Waals surface area contributed by atoms with E-state index in [0.717, 1.165) is 0 Å². The summed E-state index contributed by atoms with van der Waals surface area (Å²) in [5.74, 6) is -2.18. The lowest BCUT2D eigenvalue weighted by Crippen LogP contribution is -2.28. The summed E-state index contributed by atoms with van der Waals surface area (Å²) in [7, 11) is 1.50. The first-order chi connectivity index (χ1) is 10.2. The van der Waals surface area contributed by atoms with Crippen LogP contribution in [0.4, 0.5) is 5.69 Å². The van der Waals surface area contributed by atoms with Crippen LogP contribution in [-0.2, 0) is 4.79 Å². The lowest BCUT2D eigenvalue weighted by Gasteiger charge is -2.09. The molecule has 1 unspecified atom stereocenters. The summed E-state index contributed by atoms with van der Waals surface area (Å²) < 4.78 is 9.81. The highest BCUT2D eigenvalue weighted by Crippen LogP contribution is 2.18. The van der Waals surface area contributed by atoms with Crippen LogP contribution in [0.15, 0.2) is 47.3 Å². The topological polar surface area (TPSA) is 92.3 Å². The molecule has 0 saturated carbocycles. The normalized spacial score (nSPS) is 11.2. The number of Topliss-reactive ketones (excluding diaryl/α,β-unsaturated/α-hetero) is 1. The molecule has 2 rings (SSSR count). The van der Waals surface area contributed by atoms with Crippen molar-refractivity contribution in [3.05, 3.63) is 48.4 Å². The number of hydrogen-bond donors (Lipinski definition) is 1. The number of amides is 1. The fourth-order valence-corrected chi connectivity index (χ4v) is 1.72. The molecule has 2 aromatic rings. The number of nitriles is 1. The van der Waals surface area contributed by atoms with Crippen molar-refractivity contribution in [2.24, 2.45) is 5.92 Å². The second kappa shape index (κ2) is 6.39. The molecular weight excluding hydrogens is 272 g/mol. The third-order valence-electron chi connectivity index (χ3n) is 2.80. The lowest BCUT2D eigenvalue weighted by atomic mass is 10.00. The van der Waals surface area contributed by atoms with E-state index in [9.17, 15) is 9.59 Å². The van der Waals surface area contributed by atoms with E-state index in [-0.39, 0.29) is 5.56 Å². The molecule has 21 heavy (non-hydrogen) atoms. The van der Waals surface area contributed by atoms with Gasteiger partial charge in [-0.1, -0.05) is 6.07 Å². The Hall–Kier alpha value is -3.07. The van der Waals surface area contributed by atoms with Crippen LogP contribution in [0.5, 0.6) is 5.75 Å². The van der Waals surface area contributed by atoms with Crippen molar-refractivity contribution in [1.82, 2.24) is 0 Å². The van der Waals surface area contributed by atoms with Gasteiger partial charge in [-0.05, 0) is 18.2 Å². The van der Waals surface area contributed by atoms with Gasteiger partial charge in [-0.25, -0.2) is 0 Å². The maximum absolute atomic E-state index is 12.1. The number of rotatable bonds is 5. The average molecular weight is 284 g/mol. The molecular formula is C15H12N2O4. The largest absolute Gasteiger partial charge is 0.497 e. The number of nitrogens with one attached hydrogen (secondary N) is 1. The predicted molar refractivity (Wildman–Crippen MR) is 73.8 cm³/mol. The van der Waals surface area contributed by atoms with Crippen molar-refractivity contribution >= 4 is 17.4 Å². The highest BCUT2D eigenvalue weighted by atomic mass is 16.5. The van der Waals surface area contributed by atoms with Gasteiger partial charge in [0.15, 0.2) is 11.7 Å². The van der Waals surface area contributed by atoms with Gasteiger partial charge in [-0.15, -0.1) is 0 Å². The van der Waals surface area contributed by atoms with Crippen LogP contribution in [-0.4, -0.2) is 18.8 Å². The van der Waals surface area contributed by atoms with Crippen molar-refractivity contribution in [3.8, 4) is 11.8 Å². The summed E-state index contributed by atoms with van der Waals surface area (Å²) in [6.07, 6.45) is 2.51. The molecule has 0 saturated heterocycles. The Labute approximate surface area is 120 Å². The molecule has 0 aliphatic carbocycles. The van der Waals surface area contributed by atoms with Gasteiger partial charge < -0.3 is 14.5 Å². The van der Waals surface area contributed by atoms with E-state index in [0.29, 0.717) is 11.4 Å². The van der Waals surface area contributed by atoms with Crippen molar-refractivity contribution < 1.29 is 18.7 Å². The summed E-state index contributed by atoms with van der Waals surface area (Å²) in [5, 5.41) is 11.6. The fraction of sp³-hybridized carbons (Fsp3) is 0.133. The van der Waals surface area contributed by atoms with Crippen LogP contribution in [0.2, 0.25) is 0 Å². The molecule has 0 fully saturated rings. The van der Waals surface area contributed by atoms with Gasteiger partial charge in [0.25, 0.3) is 0 Å². The minimum atomic E-state index is -1.44. The zero-order valence-corrected chi connectivity index (χ0v) is 11.2. The Bertz CT molecular complexity index is 686. The van der Waals surface area contributed by atoms with Gasteiger partial charge in [0.2, 0.25) is 5.91 Å². The summed E-state index contributed by atoms with van der Waals surface area (Å²) in [4.78, 5) is 24.1. The molecule has 6 nitrogen and oxygen atoms in total. The van der Waals surface area contributed by atoms with E-state index < -0.39 is 17.6 Å². The highest BCUT2D eigenvalue weighted by Gasteiger charge is 2.28. The smallest absolute Gasteiger partial charge is 0.249 e. The molecule has 0 aliphatic rings. The van der Waals surface area contributed by atoms with E-state index in [4.69, 9.17) is 14.4 Å². The fourth-order valence-electron chi connectivity index (χ4n) is 1.72. The van der Waals surface area contributed by atoms with Crippen LogP contribution < -0.4 is 10.1 Å². The molecule has 6 heteroatoms. The number of anilines is 1. The third-order valence-corrected chi connectivity index (χ3v) is 2.80. The molecule has 106 valence electrons. The molecule has 1 heterocycles. The van der Waals surface area contributed by atoms with E-state index >= 15 is 0 Å².